The third-order valence-electron chi connectivity index (χ3n) is 5.23. The molecular weight excluding hydrogens is 312 g/mol. The number of alkyl carbamates (subject to hydrolysis) is 1. The van der Waals surface area contributed by atoms with E-state index in [9.17, 15) is 4.79 Å². The number of nitrogens with one attached hydrogen (secondary N) is 1. The number of hydrogen-bond donors (Lipinski definition) is 2. The standard InChI is InChI=1S/C21H26N2O2/c1-3-14(2)20(12-22)23-21(24)25-13-19-17-10-6-4-8-15(17)16-9-5-7-11-18(16)19/h4-11,14,19-20H,3,12-13,22H2,1-2H3,(H,23,24)/t14-,20+/m0/s1. The summed E-state index contributed by atoms with van der Waals surface area (Å²) in [6, 6.07) is 16.6. The van der Waals surface area contributed by atoms with Gasteiger partial charge in [-0.3, -0.25) is 0 Å². The molecule has 0 saturated heterocycles. The SMILES string of the molecule is CC[C@H](C)[C@@H](CN)NC(=O)OCC1c2ccccc2-c2ccccc21. The van der Waals surface area contributed by atoms with Crippen LogP contribution in [-0.4, -0.2) is 25.3 Å². The molecule has 1 amide bonds. The van der Waals surface area contributed by atoms with Crippen molar-refractivity contribution in [2.75, 3.05) is 13.2 Å². The third kappa shape index (κ3) is 3.54. The zero-order valence-corrected chi connectivity index (χ0v) is 14.9. The molecule has 4 nitrogen and oxygen atoms in total. The van der Waals surface area contributed by atoms with Gasteiger partial charge in [0.2, 0.25) is 0 Å². The van der Waals surface area contributed by atoms with Gasteiger partial charge in [-0.1, -0.05) is 68.8 Å². The largest absolute Gasteiger partial charge is 0.449 e. The Morgan fingerprint density at radius 3 is 2.20 bits per heavy atom. The number of carbonyl (C=O) groups excluding carboxylic acids is 1. The Labute approximate surface area is 149 Å². The van der Waals surface area contributed by atoms with E-state index < -0.39 is 6.09 Å². The lowest BCUT2D eigenvalue weighted by Crippen LogP contribution is -2.44. The van der Waals surface area contributed by atoms with Crippen LogP contribution in [0.3, 0.4) is 0 Å². The second kappa shape index (κ2) is 7.70. The van der Waals surface area contributed by atoms with Crippen molar-refractivity contribution < 1.29 is 9.53 Å². The molecule has 1 aliphatic carbocycles. The lowest BCUT2D eigenvalue weighted by atomic mass is 9.98. The summed E-state index contributed by atoms with van der Waals surface area (Å²) in [5.41, 5.74) is 10.7. The highest BCUT2D eigenvalue weighted by atomic mass is 16.5. The summed E-state index contributed by atoms with van der Waals surface area (Å²) in [6.45, 7) is 4.92. The van der Waals surface area contributed by atoms with Gasteiger partial charge in [-0.25, -0.2) is 4.79 Å². The summed E-state index contributed by atoms with van der Waals surface area (Å²) in [7, 11) is 0. The summed E-state index contributed by atoms with van der Waals surface area (Å²) in [6.07, 6.45) is 0.573. The molecule has 0 heterocycles. The van der Waals surface area contributed by atoms with E-state index in [0.717, 1.165) is 6.42 Å². The first kappa shape index (κ1) is 17.5. The Hall–Kier alpha value is -2.33. The van der Waals surface area contributed by atoms with E-state index in [1.807, 2.05) is 24.3 Å². The van der Waals surface area contributed by atoms with Gasteiger partial charge in [-0.15, -0.1) is 0 Å². The maximum Gasteiger partial charge on any atom is 0.407 e. The smallest absolute Gasteiger partial charge is 0.407 e. The van der Waals surface area contributed by atoms with Gasteiger partial charge < -0.3 is 15.8 Å². The molecule has 2 aromatic rings. The van der Waals surface area contributed by atoms with Gasteiger partial charge in [0.25, 0.3) is 0 Å². The lowest BCUT2D eigenvalue weighted by Gasteiger charge is -2.23. The Morgan fingerprint density at radius 2 is 1.68 bits per heavy atom. The first-order valence-electron chi connectivity index (χ1n) is 8.97. The van der Waals surface area contributed by atoms with Crippen molar-refractivity contribution in [3.8, 4) is 11.1 Å². The van der Waals surface area contributed by atoms with E-state index in [1.165, 1.54) is 22.3 Å². The Kier molecular flexibility index (Phi) is 5.39. The highest BCUT2D eigenvalue weighted by Gasteiger charge is 2.29. The molecule has 25 heavy (non-hydrogen) atoms. The molecular formula is C21H26N2O2. The van der Waals surface area contributed by atoms with Crippen LogP contribution in [0, 0.1) is 5.92 Å². The molecule has 2 atom stereocenters. The monoisotopic (exact) mass is 338 g/mol. The summed E-state index contributed by atoms with van der Waals surface area (Å²) in [4.78, 5) is 12.2. The average Bonchev–Trinajstić information content (AvgIpc) is 2.98. The fourth-order valence-electron chi connectivity index (χ4n) is 3.51. The number of ether oxygens (including phenoxy) is 1. The molecule has 0 fully saturated rings. The average molecular weight is 338 g/mol. The van der Waals surface area contributed by atoms with Crippen LogP contribution in [0.2, 0.25) is 0 Å². The molecule has 0 unspecified atom stereocenters. The van der Waals surface area contributed by atoms with Crippen LogP contribution in [0.25, 0.3) is 11.1 Å². The third-order valence-corrected chi connectivity index (χ3v) is 5.23. The van der Waals surface area contributed by atoms with Gasteiger partial charge in [0.15, 0.2) is 0 Å². The molecule has 0 spiro atoms. The zero-order valence-electron chi connectivity index (χ0n) is 14.9. The van der Waals surface area contributed by atoms with Gasteiger partial charge in [0.05, 0.1) is 0 Å². The van der Waals surface area contributed by atoms with Crippen LogP contribution in [0.15, 0.2) is 48.5 Å². The van der Waals surface area contributed by atoms with Crippen molar-refractivity contribution in [1.82, 2.24) is 5.32 Å². The molecule has 3 rings (SSSR count). The van der Waals surface area contributed by atoms with E-state index in [1.54, 1.807) is 0 Å². The molecule has 0 radical (unpaired) electrons. The van der Waals surface area contributed by atoms with Crippen LogP contribution in [0.5, 0.6) is 0 Å². The molecule has 0 saturated carbocycles. The molecule has 0 aliphatic heterocycles. The van der Waals surface area contributed by atoms with Gasteiger partial charge in [-0.2, -0.15) is 0 Å². The number of amides is 1. The number of rotatable bonds is 6. The Bertz CT molecular complexity index is 699. The van der Waals surface area contributed by atoms with Crippen LogP contribution in [-0.2, 0) is 4.74 Å². The van der Waals surface area contributed by atoms with Crippen molar-refractivity contribution in [2.24, 2.45) is 11.7 Å². The Morgan fingerprint density at radius 1 is 1.12 bits per heavy atom. The molecule has 4 heteroatoms. The molecule has 3 N–H and O–H groups in total. The molecule has 0 aromatic heterocycles. The van der Waals surface area contributed by atoms with Gasteiger partial charge in [0, 0.05) is 18.5 Å². The fraction of sp³-hybridized carbons (Fsp3) is 0.381. The summed E-state index contributed by atoms with van der Waals surface area (Å²) in [5.74, 6) is 0.406. The molecule has 1 aliphatic rings. The van der Waals surface area contributed by atoms with Crippen LogP contribution >= 0.6 is 0 Å². The minimum Gasteiger partial charge on any atom is -0.449 e. The van der Waals surface area contributed by atoms with Crippen LogP contribution in [0.4, 0.5) is 4.79 Å². The number of nitrogens with two attached hydrogens (primary N) is 1. The van der Waals surface area contributed by atoms with E-state index in [4.69, 9.17) is 10.5 Å². The molecule has 0 bridgehead atoms. The second-order valence-corrected chi connectivity index (χ2v) is 6.70. The minimum absolute atomic E-state index is 0.0550. The van der Waals surface area contributed by atoms with Crippen molar-refractivity contribution in [1.29, 1.82) is 0 Å². The highest BCUT2D eigenvalue weighted by Crippen LogP contribution is 2.44. The quantitative estimate of drug-likeness (QED) is 0.839. The van der Waals surface area contributed by atoms with Crippen LogP contribution in [0.1, 0.15) is 37.3 Å². The maximum atomic E-state index is 12.2. The minimum atomic E-state index is -0.391. The lowest BCUT2D eigenvalue weighted by molar-refractivity contribution is 0.135. The highest BCUT2D eigenvalue weighted by molar-refractivity contribution is 5.79. The Balaban J connectivity index is 1.70. The number of fused-ring (bicyclic) bond motifs is 3. The van der Waals surface area contributed by atoms with Crippen molar-refractivity contribution in [3.05, 3.63) is 59.7 Å². The summed E-state index contributed by atoms with van der Waals surface area (Å²) >= 11 is 0. The first-order valence-corrected chi connectivity index (χ1v) is 8.97. The second-order valence-electron chi connectivity index (χ2n) is 6.70. The van der Waals surface area contributed by atoms with Crippen LogP contribution < -0.4 is 11.1 Å². The van der Waals surface area contributed by atoms with E-state index in [0.29, 0.717) is 19.1 Å². The van der Waals surface area contributed by atoms with Crippen molar-refractivity contribution >= 4 is 6.09 Å². The first-order chi connectivity index (χ1) is 12.2. The van der Waals surface area contributed by atoms with Crippen molar-refractivity contribution in [3.63, 3.8) is 0 Å². The molecule has 2 aromatic carbocycles. The normalized spacial score (nSPS) is 15.2. The topological polar surface area (TPSA) is 64.3 Å². The number of hydrogen-bond acceptors (Lipinski definition) is 3. The fourth-order valence-corrected chi connectivity index (χ4v) is 3.51. The van der Waals surface area contributed by atoms with Gasteiger partial charge >= 0.3 is 6.09 Å². The summed E-state index contributed by atoms with van der Waals surface area (Å²) in [5, 5.41) is 2.90. The van der Waals surface area contributed by atoms with Gasteiger partial charge in [-0.05, 0) is 28.2 Å². The zero-order chi connectivity index (χ0) is 17.8. The predicted molar refractivity (Wildman–Crippen MR) is 101 cm³/mol. The predicted octanol–water partition coefficient (Wildman–Crippen LogP) is 3.90. The van der Waals surface area contributed by atoms with Crippen molar-refractivity contribution in [2.45, 2.75) is 32.2 Å². The van der Waals surface area contributed by atoms with Gasteiger partial charge in [0.1, 0.15) is 6.61 Å². The molecule has 132 valence electrons. The van der Waals surface area contributed by atoms with E-state index in [2.05, 4.69) is 43.4 Å². The summed E-state index contributed by atoms with van der Waals surface area (Å²) < 4.78 is 5.56. The van der Waals surface area contributed by atoms with E-state index >= 15 is 0 Å². The number of carbonyl (C=O) groups is 1. The maximum absolute atomic E-state index is 12.2. The number of benzene rings is 2. The van der Waals surface area contributed by atoms with E-state index in [-0.39, 0.29) is 12.0 Å².